The van der Waals surface area contributed by atoms with Gasteiger partial charge in [-0.05, 0) is 55.0 Å². The van der Waals surface area contributed by atoms with E-state index in [4.69, 9.17) is 33.3 Å². The van der Waals surface area contributed by atoms with Crippen molar-refractivity contribution in [3.8, 4) is 11.5 Å². The first-order valence-electron chi connectivity index (χ1n) is 11.3. The maximum atomic E-state index is 13.0. The Hall–Kier alpha value is -3.55. The Morgan fingerprint density at radius 1 is 1.03 bits per heavy atom. The largest absolute Gasteiger partial charge is 0.486 e. The van der Waals surface area contributed by atoms with E-state index in [9.17, 15) is 4.79 Å². The molecule has 0 atom stereocenters. The molecule has 1 aliphatic rings. The minimum Gasteiger partial charge on any atom is -0.486 e. The summed E-state index contributed by atoms with van der Waals surface area (Å²) in [6, 6.07) is 21.2. The number of rotatable bonds is 5. The summed E-state index contributed by atoms with van der Waals surface area (Å²) in [6.45, 7) is 3.90. The highest BCUT2D eigenvalue weighted by atomic mass is 35.5. The maximum absolute atomic E-state index is 13.0. The molecular weight excluding hydrogens is 482 g/mol. The molecule has 0 radical (unpaired) electrons. The van der Waals surface area contributed by atoms with Gasteiger partial charge < -0.3 is 24.7 Å². The second-order valence-electron chi connectivity index (χ2n) is 8.49. The van der Waals surface area contributed by atoms with Gasteiger partial charge in [-0.2, -0.15) is 0 Å². The van der Waals surface area contributed by atoms with Gasteiger partial charge in [-0.15, -0.1) is 0 Å². The molecule has 2 heterocycles. The molecule has 5 rings (SSSR count). The van der Waals surface area contributed by atoms with Gasteiger partial charge in [0.15, 0.2) is 16.6 Å². The van der Waals surface area contributed by atoms with Crippen molar-refractivity contribution in [2.45, 2.75) is 20.0 Å². The van der Waals surface area contributed by atoms with Crippen LogP contribution < -0.4 is 20.3 Å². The van der Waals surface area contributed by atoms with Crippen LogP contribution in [0.4, 0.5) is 5.69 Å². The smallest absolute Gasteiger partial charge is 0.253 e. The number of aryl methyl sites for hydroxylation is 1. The summed E-state index contributed by atoms with van der Waals surface area (Å²) < 4.78 is 11.4. The number of hydrogen-bond acceptors (Lipinski definition) is 4. The minimum absolute atomic E-state index is 0.173. The van der Waals surface area contributed by atoms with Crippen molar-refractivity contribution in [3.63, 3.8) is 0 Å². The first kappa shape index (κ1) is 23.2. The fourth-order valence-corrected chi connectivity index (χ4v) is 4.43. The van der Waals surface area contributed by atoms with Crippen LogP contribution in [0.1, 0.15) is 16.7 Å². The fourth-order valence-electron chi connectivity index (χ4n) is 3.99. The summed E-state index contributed by atoms with van der Waals surface area (Å²) in [5.41, 5.74) is 4.17. The molecular formula is C27H24ClN3O3S. The summed E-state index contributed by atoms with van der Waals surface area (Å²) in [4.78, 5) is 18.0. The Labute approximate surface area is 213 Å². The molecule has 0 amide bonds. The number of pyridine rings is 1. The topological polar surface area (TPSA) is 66.6 Å². The number of aromatic amines is 1. The van der Waals surface area contributed by atoms with Gasteiger partial charge in [-0.1, -0.05) is 47.5 Å². The van der Waals surface area contributed by atoms with Crippen molar-refractivity contribution in [3.05, 3.63) is 98.8 Å². The Balaban J connectivity index is 1.46. The zero-order valence-electron chi connectivity index (χ0n) is 19.1. The Bertz CT molecular complexity index is 1450. The third-order valence-electron chi connectivity index (χ3n) is 5.80. The lowest BCUT2D eigenvalue weighted by Crippen LogP contribution is -2.35. The van der Waals surface area contributed by atoms with Crippen molar-refractivity contribution in [2.24, 2.45) is 0 Å². The van der Waals surface area contributed by atoms with Gasteiger partial charge in [0.05, 0.1) is 12.1 Å². The Morgan fingerprint density at radius 2 is 1.77 bits per heavy atom. The molecule has 0 fully saturated rings. The standard InChI is InChI=1S/C27H24ClN3O3S/c1-17-5-7-18(8-6-17)15-31(27(35)29-22-4-2-3-21(28)13-22)16-20-11-19-12-24-25(34-10-9-33-24)14-23(19)30-26(20)32/h2-8,11-14H,9-10,15-16H2,1H3,(H,29,35)(H,30,32). The van der Waals surface area contributed by atoms with Gasteiger partial charge in [-0.3, -0.25) is 4.79 Å². The van der Waals surface area contributed by atoms with Gasteiger partial charge in [0.2, 0.25) is 0 Å². The maximum Gasteiger partial charge on any atom is 0.253 e. The minimum atomic E-state index is -0.173. The number of thiocarbonyl (C=S) groups is 1. The predicted molar refractivity (Wildman–Crippen MR) is 144 cm³/mol. The first-order valence-corrected chi connectivity index (χ1v) is 12.1. The highest BCUT2D eigenvalue weighted by Gasteiger charge is 2.17. The quantitative estimate of drug-likeness (QED) is 0.341. The Kier molecular flexibility index (Phi) is 6.61. The molecule has 0 saturated carbocycles. The van der Waals surface area contributed by atoms with E-state index >= 15 is 0 Å². The van der Waals surface area contributed by atoms with E-state index in [1.54, 1.807) is 0 Å². The SMILES string of the molecule is Cc1ccc(CN(Cc2cc3cc4c(cc3[nH]c2=O)OCCO4)C(=S)Nc2cccc(Cl)c2)cc1. The highest BCUT2D eigenvalue weighted by molar-refractivity contribution is 7.80. The van der Waals surface area contributed by atoms with Gasteiger partial charge >= 0.3 is 0 Å². The van der Waals surface area contributed by atoms with E-state index in [2.05, 4.69) is 41.5 Å². The molecule has 0 saturated heterocycles. The zero-order valence-corrected chi connectivity index (χ0v) is 20.7. The van der Waals surface area contributed by atoms with Gasteiger partial charge in [0, 0.05) is 34.3 Å². The average molecular weight is 506 g/mol. The van der Waals surface area contributed by atoms with Crippen LogP contribution in [0.3, 0.4) is 0 Å². The molecule has 0 aliphatic carbocycles. The molecule has 178 valence electrons. The number of halogens is 1. The third kappa shape index (κ3) is 5.42. The molecule has 1 aromatic heterocycles. The van der Waals surface area contributed by atoms with Crippen LogP contribution in [-0.4, -0.2) is 28.2 Å². The lowest BCUT2D eigenvalue weighted by atomic mass is 10.1. The summed E-state index contributed by atoms with van der Waals surface area (Å²) in [7, 11) is 0. The van der Waals surface area contributed by atoms with E-state index in [1.807, 2.05) is 47.4 Å². The predicted octanol–water partition coefficient (Wildman–Crippen LogP) is 5.66. The first-order chi connectivity index (χ1) is 16.9. The molecule has 0 bridgehead atoms. The number of nitrogens with one attached hydrogen (secondary N) is 2. The van der Waals surface area contributed by atoms with Crippen molar-refractivity contribution >= 4 is 45.5 Å². The second kappa shape index (κ2) is 9.98. The van der Waals surface area contributed by atoms with Crippen molar-refractivity contribution < 1.29 is 9.47 Å². The molecule has 35 heavy (non-hydrogen) atoms. The van der Waals surface area contributed by atoms with Crippen LogP contribution in [0.25, 0.3) is 10.9 Å². The van der Waals surface area contributed by atoms with Crippen molar-refractivity contribution in [1.29, 1.82) is 0 Å². The lowest BCUT2D eigenvalue weighted by molar-refractivity contribution is 0.172. The number of anilines is 1. The monoisotopic (exact) mass is 505 g/mol. The zero-order chi connectivity index (χ0) is 24.4. The molecule has 2 N–H and O–H groups in total. The lowest BCUT2D eigenvalue weighted by Gasteiger charge is -2.26. The van der Waals surface area contributed by atoms with Gasteiger partial charge in [-0.25, -0.2) is 0 Å². The summed E-state index contributed by atoms with van der Waals surface area (Å²) in [5.74, 6) is 1.32. The van der Waals surface area contributed by atoms with Crippen LogP contribution in [0.2, 0.25) is 5.02 Å². The van der Waals surface area contributed by atoms with Crippen LogP contribution in [-0.2, 0) is 13.1 Å². The number of benzene rings is 3. The van der Waals surface area contributed by atoms with Crippen LogP contribution in [0.15, 0.2) is 71.5 Å². The normalized spacial score (nSPS) is 12.4. The summed E-state index contributed by atoms with van der Waals surface area (Å²) in [5, 5.41) is 5.23. The Morgan fingerprint density at radius 3 is 2.51 bits per heavy atom. The molecule has 3 aromatic carbocycles. The van der Waals surface area contributed by atoms with Crippen molar-refractivity contribution in [1.82, 2.24) is 9.88 Å². The molecule has 8 heteroatoms. The summed E-state index contributed by atoms with van der Waals surface area (Å²) in [6.07, 6.45) is 0. The number of aromatic nitrogens is 1. The molecule has 4 aromatic rings. The van der Waals surface area contributed by atoms with Gasteiger partial charge in [0.1, 0.15) is 13.2 Å². The number of hydrogen-bond donors (Lipinski definition) is 2. The number of fused-ring (bicyclic) bond motifs is 2. The molecule has 0 unspecified atom stereocenters. The van der Waals surface area contributed by atoms with Gasteiger partial charge in [0.25, 0.3) is 5.56 Å². The average Bonchev–Trinajstić information content (AvgIpc) is 2.84. The number of H-pyrrole nitrogens is 1. The van der Waals surface area contributed by atoms with E-state index in [1.165, 1.54) is 5.56 Å². The van der Waals surface area contributed by atoms with Crippen LogP contribution in [0, 0.1) is 6.92 Å². The van der Waals surface area contributed by atoms with E-state index in [0.717, 1.165) is 16.6 Å². The number of ether oxygens (including phenoxy) is 2. The van der Waals surface area contributed by atoms with E-state index in [0.29, 0.717) is 59.0 Å². The molecule has 0 spiro atoms. The molecule has 1 aliphatic heterocycles. The van der Waals surface area contributed by atoms with Crippen LogP contribution >= 0.6 is 23.8 Å². The van der Waals surface area contributed by atoms with E-state index < -0.39 is 0 Å². The summed E-state index contributed by atoms with van der Waals surface area (Å²) >= 11 is 11.9. The fraction of sp³-hybridized carbons (Fsp3) is 0.185. The van der Waals surface area contributed by atoms with Crippen molar-refractivity contribution in [2.75, 3.05) is 18.5 Å². The van der Waals surface area contributed by atoms with E-state index in [-0.39, 0.29) is 5.56 Å². The highest BCUT2D eigenvalue weighted by Crippen LogP contribution is 2.33. The second-order valence-corrected chi connectivity index (χ2v) is 9.31. The van der Waals surface area contributed by atoms with Crippen LogP contribution in [0.5, 0.6) is 11.5 Å². The molecule has 6 nitrogen and oxygen atoms in total. The third-order valence-corrected chi connectivity index (χ3v) is 6.40. The number of nitrogens with zero attached hydrogens (tertiary/aromatic N) is 1.